The Morgan fingerprint density at radius 1 is 1.09 bits per heavy atom. The molecule has 0 unspecified atom stereocenters. The number of ether oxygens (including phenoxy) is 2. The third kappa shape index (κ3) is 3.03. The minimum Gasteiger partial charge on any atom is -0.486 e. The SMILES string of the molecule is C[C@H](NC(=O)c1ccc(F)cc1)c1ccc2c(c1)OCCO2. The molecule has 1 N–H and O–H groups in total. The lowest BCUT2D eigenvalue weighted by atomic mass is 10.1. The van der Waals surface area contributed by atoms with Crippen LogP contribution < -0.4 is 14.8 Å². The van der Waals surface area contributed by atoms with E-state index in [1.165, 1.54) is 24.3 Å². The van der Waals surface area contributed by atoms with Crippen LogP contribution in [0.15, 0.2) is 42.5 Å². The highest BCUT2D eigenvalue weighted by atomic mass is 19.1. The molecule has 5 heteroatoms. The van der Waals surface area contributed by atoms with Gasteiger partial charge in [0.1, 0.15) is 19.0 Å². The number of amides is 1. The minimum atomic E-state index is -0.364. The van der Waals surface area contributed by atoms with Crippen molar-refractivity contribution in [3.05, 3.63) is 59.4 Å². The molecule has 0 saturated carbocycles. The average Bonchev–Trinajstić information content (AvgIpc) is 2.55. The van der Waals surface area contributed by atoms with Crippen LogP contribution >= 0.6 is 0 Å². The second-order valence-electron chi connectivity index (χ2n) is 5.11. The molecule has 4 nitrogen and oxygen atoms in total. The molecule has 1 aliphatic rings. The van der Waals surface area contributed by atoms with Gasteiger partial charge in [-0.3, -0.25) is 4.79 Å². The zero-order valence-electron chi connectivity index (χ0n) is 12.1. The fourth-order valence-corrected chi connectivity index (χ4v) is 2.29. The first-order chi connectivity index (χ1) is 10.6. The van der Waals surface area contributed by atoms with E-state index in [1.54, 1.807) is 0 Å². The number of hydrogen-bond acceptors (Lipinski definition) is 3. The molecule has 0 spiro atoms. The molecular weight excluding hydrogens is 285 g/mol. The Bertz CT molecular complexity index is 685. The van der Waals surface area contributed by atoms with E-state index in [9.17, 15) is 9.18 Å². The van der Waals surface area contributed by atoms with E-state index in [4.69, 9.17) is 9.47 Å². The molecule has 2 aromatic rings. The predicted octanol–water partition coefficient (Wildman–Crippen LogP) is 3.09. The Morgan fingerprint density at radius 3 is 2.50 bits per heavy atom. The van der Waals surface area contributed by atoms with Crippen LogP contribution in [0.5, 0.6) is 11.5 Å². The highest BCUT2D eigenvalue weighted by molar-refractivity contribution is 5.94. The van der Waals surface area contributed by atoms with Crippen molar-refractivity contribution in [2.45, 2.75) is 13.0 Å². The van der Waals surface area contributed by atoms with E-state index in [0.29, 0.717) is 30.3 Å². The van der Waals surface area contributed by atoms with E-state index in [-0.39, 0.29) is 17.8 Å². The number of benzene rings is 2. The van der Waals surface area contributed by atoms with Crippen LogP contribution in [0.25, 0.3) is 0 Å². The van der Waals surface area contributed by atoms with Gasteiger partial charge >= 0.3 is 0 Å². The third-order valence-corrected chi connectivity index (χ3v) is 3.52. The summed E-state index contributed by atoms with van der Waals surface area (Å²) >= 11 is 0. The van der Waals surface area contributed by atoms with Gasteiger partial charge in [0.15, 0.2) is 11.5 Å². The van der Waals surface area contributed by atoms with Gasteiger partial charge in [-0.2, -0.15) is 0 Å². The predicted molar refractivity (Wildman–Crippen MR) is 79.7 cm³/mol. The van der Waals surface area contributed by atoms with Crippen LogP contribution in [-0.4, -0.2) is 19.1 Å². The molecule has 1 heterocycles. The fourth-order valence-electron chi connectivity index (χ4n) is 2.29. The van der Waals surface area contributed by atoms with Gasteiger partial charge in [-0.05, 0) is 48.9 Å². The summed E-state index contributed by atoms with van der Waals surface area (Å²) in [7, 11) is 0. The molecule has 22 heavy (non-hydrogen) atoms. The Labute approximate surface area is 127 Å². The number of hydrogen-bond donors (Lipinski definition) is 1. The molecule has 0 aliphatic carbocycles. The van der Waals surface area contributed by atoms with Gasteiger partial charge in [-0.15, -0.1) is 0 Å². The van der Waals surface area contributed by atoms with Crippen molar-refractivity contribution in [1.82, 2.24) is 5.32 Å². The van der Waals surface area contributed by atoms with Gasteiger partial charge in [0.2, 0.25) is 0 Å². The normalized spacial score (nSPS) is 14.3. The van der Waals surface area contributed by atoms with Crippen LogP contribution in [-0.2, 0) is 0 Å². The van der Waals surface area contributed by atoms with Crippen LogP contribution in [0.2, 0.25) is 0 Å². The Kier molecular flexibility index (Phi) is 3.96. The molecule has 1 atom stereocenters. The number of rotatable bonds is 3. The van der Waals surface area contributed by atoms with Gasteiger partial charge < -0.3 is 14.8 Å². The molecule has 2 aromatic carbocycles. The van der Waals surface area contributed by atoms with Crippen molar-refractivity contribution in [2.24, 2.45) is 0 Å². The number of carbonyl (C=O) groups excluding carboxylic acids is 1. The summed E-state index contributed by atoms with van der Waals surface area (Å²) in [6.45, 7) is 2.95. The molecule has 1 aliphatic heterocycles. The highest BCUT2D eigenvalue weighted by Crippen LogP contribution is 2.32. The first kappa shape index (κ1) is 14.4. The van der Waals surface area contributed by atoms with Gasteiger partial charge in [0.05, 0.1) is 6.04 Å². The largest absolute Gasteiger partial charge is 0.486 e. The van der Waals surface area contributed by atoms with Crippen LogP contribution in [0.1, 0.15) is 28.9 Å². The van der Waals surface area contributed by atoms with Crippen molar-refractivity contribution in [3.8, 4) is 11.5 Å². The van der Waals surface area contributed by atoms with Crippen molar-refractivity contribution in [1.29, 1.82) is 0 Å². The van der Waals surface area contributed by atoms with Crippen molar-refractivity contribution in [3.63, 3.8) is 0 Å². The maximum atomic E-state index is 12.9. The molecule has 1 amide bonds. The standard InChI is InChI=1S/C17H16FNO3/c1-11(19-17(20)12-2-5-14(18)6-3-12)13-4-7-15-16(10-13)22-9-8-21-15/h2-7,10-11H,8-9H2,1H3,(H,19,20)/t11-/m0/s1. The topological polar surface area (TPSA) is 47.6 Å². The summed E-state index contributed by atoms with van der Waals surface area (Å²) < 4.78 is 23.9. The van der Waals surface area contributed by atoms with E-state index in [1.807, 2.05) is 25.1 Å². The molecular formula is C17H16FNO3. The summed E-state index contributed by atoms with van der Waals surface area (Å²) in [4.78, 5) is 12.1. The smallest absolute Gasteiger partial charge is 0.251 e. The first-order valence-electron chi connectivity index (χ1n) is 7.09. The van der Waals surface area contributed by atoms with E-state index in [2.05, 4.69) is 5.32 Å². The van der Waals surface area contributed by atoms with Crippen LogP contribution in [0.3, 0.4) is 0 Å². The number of nitrogens with one attached hydrogen (secondary N) is 1. The summed E-state index contributed by atoms with van der Waals surface area (Å²) in [6.07, 6.45) is 0. The van der Waals surface area contributed by atoms with Crippen LogP contribution in [0, 0.1) is 5.82 Å². The molecule has 0 radical (unpaired) electrons. The lowest BCUT2D eigenvalue weighted by Gasteiger charge is -2.21. The van der Waals surface area contributed by atoms with Gasteiger partial charge in [0, 0.05) is 5.56 Å². The summed E-state index contributed by atoms with van der Waals surface area (Å²) in [6, 6.07) is 10.8. The highest BCUT2D eigenvalue weighted by Gasteiger charge is 2.16. The molecule has 3 rings (SSSR count). The second-order valence-corrected chi connectivity index (χ2v) is 5.11. The Hall–Kier alpha value is -2.56. The Morgan fingerprint density at radius 2 is 1.77 bits per heavy atom. The van der Waals surface area contributed by atoms with E-state index in [0.717, 1.165) is 5.56 Å². The zero-order chi connectivity index (χ0) is 15.5. The quantitative estimate of drug-likeness (QED) is 0.947. The third-order valence-electron chi connectivity index (χ3n) is 3.52. The maximum absolute atomic E-state index is 12.9. The van der Waals surface area contributed by atoms with E-state index >= 15 is 0 Å². The molecule has 0 bridgehead atoms. The lowest BCUT2D eigenvalue weighted by molar-refractivity contribution is 0.0939. The van der Waals surface area contributed by atoms with Crippen molar-refractivity contribution >= 4 is 5.91 Å². The molecule has 0 saturated heterocycles. The van der Waals surface area contributed by atoms with Gasteiger partial charge in [0.25, 0.3) is 5.91 Å². The van der Waals surface area contributed by atoms with Crippen LogP contribution in [0.4, 0.5) is 4.39 Å². The lowest BCUT2D eigenvalue weighted by Crippen LogP contribution is -2.26. The first-order valence-corrected chi connectivity index (χ1v) is 7.09. The Balaban J connectivity index is 1.72. The molecule has 0 fully saturated rings. The summed E-state index contributed by atoms with van der Waals surface area (Å²) in [5, 5.41) is 2.88. The monoisotopic (exact) mass is 301 g/mol. The van der Waals surface area contributed by atoms with Gasteiger partial charge in [-0.1, -0.05) is 6.07 Å². The van der Waals surface area contributed by atoms with Crippen molar-refractivity contribution < 1.29 is 18.7 Å². The number of fused-ring (bicyclic) bond motifs is 1. The van der Waals surface area contributed by atoms with E-state index < -0.39 is 0 Å². The average molecular weight is 301 g/mol. The second kappa shape index (κ2) is 6.05. The van der Waals surface area contributed by atoms with Crippen molar-refractivity contribution in [2.75, 3.05) is 13.2 Å². The number of halogens is 1. The molecule has 0 aromatic heterocycles. The maximum Gasteiger partial charge on any atom is 0.251 e. The summed E-state index contributed by atoms with van der Waals surface area (Å²) in [5.74, 6) is 0.789. The van der Waals surface area contributed by atoms with Gasteiger partial charge in [-0.25, -0.2) is 4.39 Å². The zero-order valence-corrected chi connectivity index (χ0v) is 12.1. The summed E-state index contributed by atoms with van der Waals surface area (Å²) in [5.41, 5.74) is 1.34. The minimum absolute atomic E-state index is 0.201. The fraction of sp³-hybridized carbons (Fsp3) is 0.235. The molecule has 114 valence electrons. The number of carbonyl (C=O) groups is 1.